The monoisotopic (exact) mass is 224 g/mol. The zero-order chi connectivity index (χ0) is 8.69. The highest BCUT2D eigenvalue weighted by Gasteiger charge is 1.82. The quantitative estimate of drug-likeness (QED) is 0.403. The lowest BCUT2D eigenvalue weighted by Crippen LogP contribution is -2.26. The molecule has 0 spiro atoms. The van der Waals surface area contributed by atoms with Crippen LogP contribution in [0.5, 0.6) is 0 Å². The van der Waals surface area contributed by atoms with Gasteiger partial charge in [-0.05, 0) is 6.42 Å². The van der Waals surface area contributed by atoms with Crippen molar-refractivity contribution >= 4 is 58.3 Å². The van der Waals surface area contributed by atoms with E-state index >= 15 is 0 Å². The van der Waals surface area contributed by atoms with Crippen LogP contribution in [-0.4, -0.2) is 21.7 Å². The highest BCUT2D eigenvalue weighted by atomic mass is 32.1. The predicted octanol–water partition coefficient (Wildman–Crippen LogP) is 0.219. The Morgan fingerprint density at radius 2 is 1.36 bits per heavy atom. The van der Waals surface area contributed by atoms with E-state index in [-0.39, 0.29) is 0 Å². The van der Waals surface area contributed by atoms with Gasteiger partial charge >= 0.3 is 0 Å². The lowest BCUT2D eigenvalue weighted by molar-refractivity contribution is 0.755. The maximum Gasteiger partial charge on any atom is 0.0148 e. The first-order chi connectivity index (χ1) is 5.13. The van der Waals surface area contributed by atoms with Gasteiger partial charge in [0.25, 0.3) is 0 Å². The summed E-state index contributed by atoms with van der Waals surface area (Å²) in [7, 11) is 0. The van der Waals surface area contributed by atoms with Crippen LogP contribution >= 0.6 is 24.4 Å². The maximum atomic E-state index is 4.63. The van der Waals surface area contributed by atoms with Gasteiger partial charge in [-0.3, -0.25) is 0 Å². The Balaban J connectivity index is 3.03. The largest absolute Gasteiger partial charge is 0.412 e. The number of nitrogens with one attached hydrogen (secondary N) is 2. The van der Waals surface area contributed by atoms with Gasteiger partial charge < -0.3 is 60.3 Å². The fourth-order valence-electron chi connectivity index (χ4n) is 0.469. The zero-order valence-electron chi connectivity index (χ0n) is 5.75. The molecule has 0 aromatic carbocycles. The van der Waals surface area contributed by atoms with Gasteiger partial charge in [0.15, 0.2) is 0 Å². The molecule has 11 heavy (non-hydrogen) atoms. The summed E-state index contributed by atoms with van der Waals surface area (Å²) in [5.41, 5.74) is 0. The van der Waals surface area contributed by atoms with Gasteiger partial charge in [-0.15, -0.1) is 0 Å². The molecule has 0 saturated carbocycles. The Morgan fingerprint density at radius 1 is 1.00 bits per heavy atom. The van der Waals surface area contributed by atoms with Crippen molar-refractivity contribution in [3.8, 4) is 0 Å². The molecule has 6 heteroatoms. The van der Waals surface area contributed by atoms with Crippen molar-refractivity contribution < 1.29 is 0 Å². The minimum absolute atomic E-state index is 0.408. The summed E-state index contributed by atoms with van der Waals surface area (Å²) in [5, 5.41) is 5.70. The molecule has 0 atom stereocenters. The van der Waals surface area contributed by atoms with Crippen LogP contribution in [0.1, 0.15) is 6.42 Å². The van der Waals surface area contributed by atoms with Crippen LogP contribution in [0.25, 0.3) is 0 Å². The number of rotatable bonds is 4. The summed E-state index contributed by atoms with van der Waals surface area (Å²) < 4.78 is 0.817. The predicted molar refractivity (Wildman–Crippen MR) is 60.5 cm³/mol. The van der Waals surface area contributed by atoms with Gasteiger partial charge in [-0.2, -0.15) is 0 Å². The van der Waals surface area contributed by atoms with Crippen LogP contribution in [-0.2, 0) is 25.3 Å². The molecule has 0 aromatic rings. The van der Waals surface area contributed by atoms with Crippen molar-refractivity contribution in [2.45, 2.75) is 6.42 Å². The standard InChI is InChI=1S/C5H10N2S4/c8-4(9)6-2-1-3-7-5(10)11/h1-3H2,(H2,6,8,9)(H2,7,10,11)/p-2. The van der Waals surface area contributed by atoms with E-state index in [1.54, 1.807) is 0 Å². The second-order valence-electron chi connectivity index (χ2n) is 1.78. The van der Waals surface area contributed by atoms with Crippen LogP contribution in [0.2, 0.25) is 0 Å². The SMILES string of the molecule is S=C([S-])NCCCNC(=S)[S-]. The van der Waals surface area contributed by atoms with Crippen LogP contribution in [0.4, 0.5) is 0 Å². The summed E-state index contributed by atoms with van der Waals surface area (Å²) in [4.78, 5) is 0. The molecule has 0 heterocycles. The Kier molecular flexibility index (Phi) is 7.04. The first-order valence-corrected chi connectivity index (χ1v) is 4.66. The Morgan fingerprint density at radius 3 is 1.64 bits per heavy atom. The minimum Gasteiger partial charge on any atom is -0.412 e. The number of hydrogen-bond donors (Lipinski definition) is 2. The molecular formula is C5H8N2S4-2. The molecule has 0 radical (unpaired) electrons. The maximum absolute atomic E-state index is 4.63. The van der Waals surface area contributed by atoms with E-state index in [1.807, 2.05) is 0 Å². The van der Waals surface area contributed by atoms with E-state index < -0.39 is 0 Å². The van der Waals surface area contributed by atoms with Crippen molar-refractivity contribution in [3.05, 3.63) is 0 Å². The molecule has 0 aliphatic rings. The topological polar surface area (TPSA) is 24.1 Å². The molecule has 0 rings (SSSR count). The van der Waals surface area contributed by atoms with Crippen LogP contribution < -0.4 is 10.6 Å². The van der Waals surface area contributed by atoms with Crippen molar-refractivity contribution in [2.75, 3.05) is 13.1 Å². The van der Waals surface area contributed by atoms with Crippen LogP contribution in [0.3, 0.4) is 0 Å². The van der Waals surface area contributed by atoms with E-state index in [0.29, 0.717) is 8.64 Å². The third kappa shape index (κ3) is 10.2. The number of thiocarbonyl (C=S) groups is 2. The molecule has 0 amide bonds. The Hall–Kier alpha value is 0.220. The number of hydrogen-bond acceptors (Lipinski definition) is 4. The Labute approximate surface area is 88.3 Å². The second-order valence-corrected chi connectivity index (χ2v) is 3.93. The summed E-state index contributed by atoms with van der Waals surface area (Å²) in [5.74, 6) is 0. The first kappa shape index (κ1) is 11.2. The van der Waals surface area contributed by atoms with Crippen molar-refractivity contribution in [3.63, 3.8) is 0 Å². The van der Waals surface area contributed by atoms with Gasteiger partial charge in [0.05, 0.1) is 0 Å². The third-order valence-electron chi connectivity index (χ3n) is 0.892. The van der Waals surface area contributed by atoms with Crippen molar-refractivity contribution in [1.29, 1.82) is 0 Å². The molecule has 0 aliphatic carbocycles. The molecule has 0 aliphatic heterocycles. The van der Waals surface area contributed by atoms with E-state index in [9.17, 15) is 0 Å². The molecule has 64 valence electrons. The van der Waals surface area contributed by atoms with Crippen molar-refractivity contribution in [1.82, 2.24) is 10.6 Å². The molecule has 0 bridgehead atoms. The summed E-state index contributed by atoms with van der Waals surface area (Å²) in [6.45, 7) is 1.54. The zero-order valence-corrected chi connectivity index (χ0v) is 9.02. The highest BCUT2D eigenvalue weighted by Crippen LogP contribution is 1.75. The van der Waals surface area contributed by atoms with Gasteiger partial charge in [-0.1, -0.05) is 8.64 Å². The summed E-state index contributed by atoms with van der Waals surface area (Å²) >= 11 is 18.5. The van der Waals surface area contributed by atoms with Crippen LogP contribution in [0, 0.1) is 0 Å². The van der Waals surface area contributed by atoms with Crippen molar-refractivity contribution in [2.24, 2.45) is 0 Å². The molecule has 2 N–H and O–H groups in total. The van der Waals surface area contributed by atoms with E-state index in [1.165, 1.54) is 0 Å². The van der Waals surface area contributed by atoms with Gasteiger partial charge in [0.2, 0.25) is 0 Å². The summed E-state index contributed by atoms with van der Waals surface area (Å²) in [6.07, 6.45) is 0.910. The van der Waals surface area contributed by atoms with Crippen LogP contribution in [0.15, 0.2) is 0 Å². The average Bonchev–Trinajstić information content (AvgIpc) is 1.85. The van der Waals surface area contributed by atoms with E-state index in [4.69, 9.17) is 0 Å². The second kappa shape index (κ2) is 6.90. The van der Waals surface area contributed by atoms with Gasteiger partial charge in [-0.25, -0.2) is 0 Å². The summed E-state index contributed by atoms with van der Waals surface area (Å²) in [6, 6.07) is 0. The third-order valence-corrected chi connectivity index (χ3v) is 1.47. The normalized spacial score (nSPS) is 8.73. The lowest BCUT2D eigenvalue weighted by atomic mass is 10.4. The van der Waals surface area contributed by atoms with Gasteiger partial charge in [0, 0.05) is 13.1 Å². The highest BCUT2D eigenvalue weighted by molar-refractivity contribution is 8.00. The first-order valence-electron chi connectivity index (χ1n) is 3.02. The minimum atomic E-state index is 0.408. The molecular weight excluding hydrogens is 216 g/mol. The van der Waals surface area contributed by atoms with Gasteiger partial charge in [0.1, 0.15) is 0 Å². The van der Waals surface area contributed by atoms with E-state index in [2.05, 4.69) is 60.3 Å². The molecule has 0 saturated heterocycles. The van der Waals surface area contributed by atoms with E-state index in [0.717, 1.165) is 19.5 Å². The molecule has 0 aromatic heterocycles. The molecule has 0 unspecified atom stereocenters. The average molecular weight is 224 g/mol. The molecule has 2 nitrogen and oxygen atoms in total. The fraction of sp³-hybridized carbons (Fsp3) is 0.600. The smallest absolute Gasteiger partial charge is 0.0148 e. The fourth-order valence-corrected chi connectivity index (χ4v) is 0.878. The molecule has 0 fully saturated rings. The Bertz CT molecular complexity index is 131. The lowest BCUT2D eigenvalue weighted by Gasteiger charge is -2.11.